The molecule has 0 aromatic rings. The van der Waals surface area contributed by atoms with Crippen LogP contribution in [0.5, 0.6) is 0 Å². The molecule has 6 unspecified atom stereocenters. The molecule has 0 amide bonds. The van der Waals surface area contributed by atoms with Gasteiger partial charge in [0.05, 0.1) is 26.4 Å². The first-order valence-corrected chi connectivity index (χ1v) is 50.8. The third-order valence-electron chi connectivity index (χ3n) is 23.3. The van der Waals surface area contributed by atoms with E-state index in [1.165, 1.54) is 289 Å². The number of phosphoric ester groups is 2. The summed E-state index contributed by atoms with van der Waals surface area (Å²) in [7, 11) is -9.94. The van der Waals surface area contributed by atoms with Gasteiger partial charge in [-0.1, -0.05) is 441 Å². The number of phosphoric acid groups is 2. The van der Waals surface area contributed by atoms with Gasteiger partial charge in [-0.15, -0.1) is 0 Å². The number of ether oxygens (including phenoxy) is 4. The highest BCUT2D eigenvalue weighted by molar-refractivity contribution is 7.47. The van der Waals surface area contributed by atoms with Crippen molar-refractivity contribution in [2.75, 3.05) is 39.6 Å². The molecule has 0 aromatic carbocycles. The molecule has 9 atom stereocenters. The van der Waals surface area contributed by atoms with Gasteiger partial charge in [-0.05, 0) is 49.4 Å². The Bertz CT molecular complexity index is 2170. The molecular formula is C93H182O17P2. The third-order valence-corrected chi connectivity index (χ3v) is 25.2. The smallest absolute Gasteiger partial charge is 0.462 e. The van der Waals surface area contributed by atoms with E-state index in [1.807, 2.05) is 0 Å². The van der Waals surface area contributed by atoms with E-state index in [4.69, 9.17) is 37.0 Å². The molecule has 0 bridgehead atoms. The molecule has 0 radical (unpaired) electrons. The van der Waals surface area contributed by atoms with Crippen LogP contribution >= 0.6 is 15.6 Å². The van der Waals surface area contributed by atoms with E-state index >= 15 is 0 Å². The van der Waals surface area contributed by atoms with Crippen LogP contribution < -0.4 is 0 Å². The SMILES string of the molecule is CCC(C)CCCCCCCCCCCCCCCCCCCCC(=O)OC[C@H](COP(=O)(O)OC[C@@H](O)COP(=O)(O)OC[C@@H](COC(=O)CCCCCCCCC(C)CC)OC(=O)CCCCCCCCCCCCCCCCCCCCC(C)CC)OC(=O)CCCCCCCCCCCCCCCCC(C)CC. The van der Waals surface area contributed by atoms with Crippen molar-refractivity contribution in [1.82, 2.24) is 0 Å². The zero-order chi connectivity index (χ0) is 82.3. The van der Waals surface area contributed by atoms with Crippen LogP contribution in [0.25, 0.3) is 0 Å². The lowest BCUT2D eigenvalue weighted by atomic mass is 9.99. The predicted molar refractivity (Wildman–Crippen MR) is 464 cm³/mol. The van der Waals surface area contributed by atoms with Gasteiger partial charge in [0, 0.05) is 25.7 Å². The topological polar surface area (TPSA) is 237 Å². The van der Waals surface area contributed by atoms with Crippen LogP contribution in [0.3, 0.4) is 0 Å². The number of carbonyl (C=O) groups is 4. The average molecular weight is 1630 g/mol. The second kappa shape index (κ2) is 81.4. The van der Waals surface area contributed by atoms with Crippen LogP contribution in [0.1, 0.15) is 492 Å². The lowest BCUT2D eigenvalue weighted by Gasteiger charge is -2.21. The van der Waals surface area contributed by atoms with Gasteiger partial charge in [0.1, 0.15) is 19.3 Å². The fraction of sp³-hybridized carbons (Fsp3) is 0.957. The van der Waals surface area contributed by atoms with E-state index in [-0.39, 0.29) is 25.7 Å². The summed E-state index contributed by atoms with van der Waals surface area (Å²) in [6, 6.07) is 0. The van der Waals surface area contributed by atoms with Crippen molar-refractivity contribution in [1.29, 1.82) is 0 Å². The third kappa shape index (κ3) is 80.5. The van der Waals surface area contributed by atoms with Crippen LogP contribution in [0.2, 0.25) is 0 Å². The van der Waals surface area contributed by atoms with Gasteiger partial charge in [-0.25, -0.2) is 9.13 Å². The molecule has 0 spiro atoms. The van der Waals surface area contributed by atoms with Crippen molar-refractivity contribution >= 4 is 39.5 Å². The van der Waals surface area contributed by atoms with Crippen LogP contribution in [0.4, 0.5) is 0 Å². The zero-order valence-electron chi connectivity index (χ0n) is 74.3. The number of hydrogen-bond acceptors (Lipinski definition) is 15. The second-order valence-electron chi connectivity index (χ2n) is 34.4. The second-order valence-corrected chi connectivity index (χ2v) is 37.3. The van der Waals surface area contributed by atoms with E-state index in [9.17, 15) is 43.2 Å². The fourth-order valence-electron chi connectivity index (χ4n) is 14.4. The van der Waals surface area contributed by atoms with Crippen LogP contribution in [-0.4, -0.2) is 96.7 Å². The first-order chi connectivity index (χ1) is 54.2. The summed E-state index contributed by atoms with van der Waals surface area (Å²) in [5, 5.41) is 10.7. The molecule has 3 N–H and O–H groups in total. The molecule has 0 heterocycles. The standard InChI is InChI=1S/C93H182O17P2/c1-9-83(5)69-61-53-45-39-33-27-21-17-13-15-19-23-30-36-42-48-57-65-73-90(95)103-79-88(109-92(97)75-68-60-50-44-38-32-26-25-29-35-41-47-55-63-71-85(7)11-3)81-107-111(99,100)105-77-87(94)78-106-112(101,102)108-82-89(80-104-91(96)74-66-58-52-51-56-64-72-86(8)12-4)110-93(98)76-67-59-49-43-37-31-24-20-16-14-18-22-28-34-40-46-54-62-70-84(6)10-2/h83-89,94H,9-82H2,1-8H3,(H,99,100)(H,101,102)/t83?,84?,85?,86?,87-,88-,89-/m1/s1. The molecule has 19 heteroatoms. The van der Waals surface area contributed by atoms with Gasteiger partial charge >= 0.3 is 39.5 Å². The Balaban J connectivity index is 5.20. The number of aliphatic hydroxyl groups is 1. The summed E-state index contributed by atoms with van der Waals surface area (Å²) in [5.41, 5.74) is 0. The zero-order valence-corrected chi connectivity index (χ0v) is 76.1. The van der Waals surface area contributed by atoms with Crippen LogP contribution in [-0.2, 0) is 65.4 Å². The summed E-state index contributed by atoms with van der Waals surface area (Å²) in [6.07, 6.45) is 73.6. The Morgan fingerprint density at radius 1 is 0.241 bits per heavy atom. The Morgan fingerprint density at radius 3 is 0.589 bits per heavy atom. The molecule has 0 aliphatic heterocycles. The first kappa shape index (κ1) is 110. The minimum atomic E-state index is -4.97. The van der Waals surface area contributed by atoms with Crippen LogP contribution in [0, 0.1) is 23.7 Å². The van der Waals surface area contributed by atoms with E-state index < -0.39 is 97.5 Å². The van der Waals surface area contributed by atoms with E-state index in [0.717, 1.165) is 120 Å². The summed E-state index contributed by atoms with van der Waals surface area (Å²) in [5.74, 6) is 1.22. The number of unbranched alkanes of at least 4 members (excludes halogenated alkanes) is 52. The summed E-state index contributed by atoms with van der Waals surface area (Å²) in [4.78, 5) is 73.4. The summed E-state index contributed by atoms with van der Waals surface area (Å²) >= 11 is 0. The average Bonchev–Trinajstić information content (AvgIpc) is 0.898. The van der Waals surface area contributed by atoms with Crippen molar-refractivity contribution < 1.29 is 80.2 Å². The van der Waals surface area contributed by atoms with E-state index in [2.05, 4.69) is 55.4 Å². The van der Waals surface area contributed by atoms with E-state index in [0.29, 0.717) is 25.7 Å². The first-order valence-electron chi connectivity index (χ1n) is 47.9. The monoisotopic (exact) mass is 1630 g/mol. The Labute approximate surface area is 689 Å². The van der Waals surface area contributed by atoms with Crippen molar-refractivity contribution in [2.45, 2.75) is 510 Å². The van der Waals surface area contributed by atoms with Crippen molar-refractivity contribution in [3.05, 3.63) is 0 Å². The Morgan fingerprint density at radius 2 is 0.402 bits per heavy atom. The van der Waals surface area contributed by atoms with Crippen molar-refractivity contribution in [3.8, 4) is 0 Å². The van der Waals surface area contributed by atoms with Crippen molar-refractivity contribution in [2.24, 2.45) is 23.7 Å². The summed E-state index contributed by atoms with van der Waals surface area (Å²) < 4.78 is 69.1. The molecule has 0 saturated carbocycles. The maximum Gasteiger partial charge on any atom is 0.472 e. The maximum atomic E-state index is 13.2. The van der Waals surface area contributed by atoms with Gasteiger partial charge in [-0.2, -0.15) is 0 Å². The normalized spacial score (nSPS) is 14.8. The largest absolute Gasteiger partial charge is 0.472 e. The van der Waals surface area contributed by atoms with Gasteiger partial charge in [-0.3, -0.25) is 37.3 Å². The highest BCUT2D eigenvalue weighted by Gasteiger charge is 2.31. The van der Waals surface area contributed by atoms with Crippen LogP contribution in [0.15, 0.2) is 0 Å². The lowest BCUT2D eigenvalue weighted by molar-refractivity contribution is -0.161. The lowest BCUT2D eigenvalue weighted by Crippen LogP contribution is -2.30. The molecule has 112 heavy (non-hydrogen) atoms. The highest BCUT2D eigenvalue weighted by atomic mass is 31.2. The number of hydrogen-bond donors (Lipinski definition) is 3. The quantitative estimate of drug-likeness (QED) is 0.0222. The van der Waals surface area contributed by atoms with Gasteiger partial charge in [0.25, 0.3) is 0 Å². The molecular weight excluding hydrogens is 1450 g/mol. The maximum absolute atomic E-state index is 13.2. The predicted octanol–water partition coefficient (Wildman–Crippen LogP) is 28.7. The number of carbonyl (C=O) groups excluding carboxylic acids is 4. The number of aliphatic hydroxyl groups excluding tert-OH is 1. The number of rotatable bonds is 90. The van der Waals surface area contributed by atoms with Gasteiger partial charge < -0.3 is 33.8 Å². The molecule has 0 aliphatic rings. The van der Waals surface area contributed by atoms with Gasteiger partial charge in [0.2, 0.25) is 0 Å². The Kier molecular flexibility index (Phi) is 80.0. The molecule has 17 nitrogen and oxygen atoms in total. The molecule has 0 aromatic heterocycles. The van der Waals surface area contributed by atoms with Crippen molar-refractivity contribution in [3.63, 3.8) is 0 Å². The molecule has 0 rings (SSSR count). The van der Waals surface area contributed by atoms with E-state index in [1.54, 1.807) is 0 Å². The van der Waals surface area contributed by atoms with Gasteiger partial charge in [0.15, 0.2) is 12.2 Å². The summed E-state index contributed by atoms with van der Waals surface area (Å²) in [6.45, 7) is 14.5. The minimum absolute atomic E-state index is 0.107. The fourth-order valence-corrected chi connectivity index (χ4v) is 16.0. The number of esters is 4. The molecule has 666 valence electrons. The molecule has 0 aliphatic carbocycles. The molecule has 0 fully saturated rings. The Hall–Kier alpha value is -1.94. The minimum Gasteiger partial charge on any atom is -0.462 e. The highest BCUT2D eigenvalue weighted by Crippen LogP contribution is 2.45. The molecule has 0 saturated heterocycles.